The molecule has 1 aliphatic carbocycles. The Kier molecular flexibility index (Phi) is 4.13. The molecule has 0 radical (unpaired) electrons. The van der Waals surface area contributed by atoms with Crippen LogP contribution < -0.4 is 0 Å². The molecule has 0 fully saturated rings. The largest absolute Gasteiger partial charge is 0.255 e. The quantitative estimate of drug-likeness (QED) is 0.317. The van der Waals surface area contributed by atoms with Gasteiger partial charge in [0.25, 0.3) is 0 Å². The van der Waals surface area contributed by atoms with Crippen LogP contribution in [0.15, 0.2) is 66.9 Å². The monoisotopic (exact) mass is 375 g/mol. The van der Waals surface area contributed by atoms with Crippen molar-refractivity contribution in [2.45, 2.75) is 34.1 Å². The van der Waals surface area contributed by atoms with Gasteiger partial charge in [0, 0.05) is 23.7 Å². The summed E-state index contributed by atoms with van der Waals surface area (Å²) in [6, 6.07) is 22.5. The zero-order valence-electron chi connectivity index (χ0n) is 17.5. The lowest BCUT2D eigenvalue weighted by atomic mass is 9.95. The molecule has 142 valence electrons. The minimum atomic E-state index is 0.953. The fourth-order valence-corrected chi connectivity index (χ4v) is 4.47. The van der Waals surface area contributed by atoms with Crippen LogP contribution >= 0.6 is 0 Å². The first-order valence-corrected chi connectivity index (χ1v) is 10.3. The van der Waals surface area contributed by atoms with E-state index in [1.807, 2.05) is 6.20 Å². The maximum Gasteiger partial charge on any atom is 0.0740 e. The van der Waals surface area contributed by atoms with Crippen LogP contribution in [0.1, 0.15) is 33.4 Å². The Bertz CT molecular complexity index is 1160. The second-order valence-corrected chi connectivity index (χ2v) is 8.42. The van der Waals surface area contributed by atoms with E-state index in [1.165, 1.54) is 61.2 Å². The molecule has 5 rings (SSSR count). The average molecular weight is 376 g/mol. The van der Waals surface area contributed by atoms with Crippen molar-refractivity contribution in [1.29, 1.82) is 0 Å². The first kappa shape index (κ1) is 17.9. The van der Waals surface area contributed by atoms with Gasteiger partial charge in [-0.3, -0.25) is 4.98 Å². The number of pyridine rings is 1. The zero-order valence-corrected chi connectivity index (χ0v) is 17.5. The first-order valence-electron chi connectivity index (χ1n) is 10.3. The topological polar surface area (TPSA) is 12.9 Å². The smallest absolute Gasteiger partial charge is 0.0740 e. The molecule has 1 heterocycles. The Morgan fingerprint density at radius 1 is 0.586 bits per heavy atom. The molecule has 1 heteroatoms. The molecule has 0 aliphatic heterocycles. The van der Waals surface area contributed by atoms with Gasteiger partial charge in [0.05, 0.1) is 5.69 Å². The van der Waals surface area contributed by atoms with E-state index >= 15 is 0 Å². The predicted molar refractivity (Wildman–Crippen MR) is 122 cm³/mol. The van der Waals surface area contributed by atoms with Gasteiger partial charge >= 0.3 is 0 Å². The summed E-state index contributed by atoms with van der Waals surface area (Å²) in [6.07, 6.45) is 2.99. The van der Waals surface area contributed by atoms with Crippen LogP contribution in [0.2, 0.25) is 0 Å². The third-order valence-electron chi connectivity index (χ3n) is 6.12. The predicted octanol–water partition coefficient (Wildman–Crippen LogP) is 7.22. The third-order valence-corrected chi connectivity index (χ3v) is 6.12. The van der Waals surface area contributed by atoms with Crippen molar-refractivity contribution in [2.24, 2.45) is 0 Å². The number of aromatic nitrogens is 1. The van der Waals surface area contributed by atoms with Gasteiger partial charge in [-0.15, -0.1) is 0 Å². The fraction of sp³-hybridized carbons (Fsp3) is 0.179. The Balaban J connectivity index is 1.56. The second-order valence-electron chi connectivity index (χ2n) is 8.42. The van der Waals surface area contributed by atoms with Crippen LogP contribution in [0.4, 0.5) is 0 Å². The first-order chi connectivity index (χ1) is 14.0. The molecule has 0 saturated carbocycles. The third kappa shape index (κ3) is 3.07. The standard InChI is InChI=1S/C28H25N/c1-17-5-7-19(3)26(11-17)21-9-10-25-22(13-21)14-23-15-24(16-29-28(23)25)27-12-18(2)6-8-20(27)4/h5-13,15-16H,14H2,1-4H3. The van der Waals surface area contributed by atoms with E-state index in [0.717, 1.165) is 12.1 Å². The van der Waals surface area contributed by atoms with Crippen LogP contribution in [-0.2, 0) is 6.42 Å². The van der Waals surface area contributed by atoms with Crippen LogP contribution in [-0.4, -0.2) is 4.98 Å². The van der Waals surface area contributed by atoms with E-state index < -0.39 is 0 Å². The molecule has 0 unspecified atom stereocenters. The van der Waals surface area contributed by atoms with Crippen molar-refractivity contribution >= 4 is 0 Å². The van der Waals surface area contributed by atoms with Crippen LogP contribution in [0.25, 0.3) is 33.5 Å². The Morgan fingerprint density at radius 2 is 1.21 bits per heavy atom. The maximum absolute atomic E-state index is 4.88. The van der Waals surface area contributed by atoms with Crippen molar-refractivity contribution in [3.05, 3.63) is 100 Å². The van der Waals surface area contributed by atoms with E-state index in [2.05, 4.69) is 88.4 Å². The molecular formula is C28H25N. The lowest BCUT2D eigenvalue weighted by molar-refractivity contribution is 1.23. The number of hydrogen-bond donors (Lipinski definition) is 0. The summed E-state index contributed by atoms with van der Waals surface area (Å²) < 4.78 is 0. The summed E-state index contributed by atoms with van der Waals surface area (Å²) in [7, 11) is 0. The SMILES string of the molecule is Cc1ccc(C)c(-c2ccc3c(c2)Cc2cc(-c4cc(C)ccc4C)cnc2-3)c1. The molecule has 0 spiro atoms. The highest BCUT2D eigenvalue weighted by molar-refractivity contribution is 5.81. The fourth-order valence-electron chi connectivity index (χ4n) is 4.47. The number of aryl methyl sites for hydroxylation is 4. The molecule has 29 heavy (non-hydrogen) atoms. The highest BCUT2D eigenvalue weighted by Gasteiger charge is 2.21. The highest BCUT2D eigenvalue weighted by Crippen LogP contribution is 2.39. The summed E-state index contributed by atoms with van der Waals surface area (Å²) in [5.41, 5.74) is 15.5. The number of fused-ring (bicyclic) bond motifs is 3. The van der Waals surface area contributed by atoms with Gasteiger partial charge in [0.15, 0.2) is 0 Å². The van der Waals surface area contributed by atoms with Crippen LogP contribution in [0, 0.1) is 27.7 Å². The highest BCUT2D eigenvalue weighted by atomic mass is 14.7. The van der Waals surface area contributed by atoms with Gasteiger partial charge in [0.1, 0.15) is 0 Å². The van der Waals surface area contributed by atoms with E-state index in [4.69, 9.17) is 4.98 Å². The lowest BCUT2D eigenvalue weighted by Gasteiger charge is -2.10. The zero-order chi connectivity index (χ0) is 20.1. The average Bonchev–Trinajstić information content (AvgIpc) is 3.08. The van der Waals surface area contributed by atoms with E-state index in [-0.39, 0.29) is 0 Å². The van der Waals surface area contributed by atoms with Crippen molar-refractivity contribution < 1.29 is 0 Å². The number of nitrogens with zero attached hydrogens (tertiary/aromatic N) is 1. The normalized spacial score (nSPS) is 12.0. The van der Waals surface area contributed by atoms with Crippen molar-refractivity contribution in [3.63, 3.8) is 0 Å². The van der Waals surface area contributed by atoms with Crippen molar-refractivity contribution in [3.8, 4) is 33.5 Å². The van der Waals surface area contributed by atoms with Crippen molar-refractivity contribution in [1.82, 2.24) is 4.98 Å². The van der Waals surface area contributed by atoms with Gasteiger partial charge < -0.3 is 0 Å². The summed E-state index contributed by atoms with van der Waals surface area (Å²) >= 11 is 0. The molecule has 4 aromatic rings. The molecular weight excluding hydrogens is 350 g/mol. The summed E-state index contributed by atoms with van der Waals surface area (Å²) in [4.78, 5) is 4.88. The molecule has 0 atom stereocenters. The van der Waals surface area contributed by atoms with Gasteiger partial charge in [-0.05, 0) is 72.7 Å². The molecule has 1 aliphatic rings. The Morgan fingerprint density at radius 3 is 1.90 bits per heavy atom. The molecule has 0 saturated heterocycles. The summed E-state index contributed by atoms with van der Waals surface area (Å²) in [5.74, 6) is 0. The van der Waals surface area contributed by atoms with Gasteiger partial charge in [-0.1, -0.05) is 65.7 Å². The van der Waals surface area contributed by atoms with Gasteiger partial charge in [-0.25, -0.2) is 0 Å². The van der Waals surface area contributed by atoms with E-state index in [1.54, 1.807) is 0 Å². The molecule has 3 aromatic carbocycles. The van der Waals surface area contributed by atoms with E-state index in [9.17, 15) is 0 Å². The van der Waals surface area contributed by atoms with Gasteiger partial charge in [-0.2, -0.15) is 0 Å². The number of benzene rings is 3. The second kappa shape index (κ2) is 6.70. The van der Waals surface area contributed by atoms with Crippen LogP contribution in [0.5, 0.6) is 0 Å². The molecule has 0 N–H and O–H groups in total. The Hall–Kier alpha value is -3.19. The number of hydrogen-bond acceptors (Lipinski definition) is 1. The molecule has 0 bridgehead atoms. The van der Waals surface area contributed by atoms with E-state index in [0.29, 0.717) is 0 Å². The lowest BCUT2D eigenvalue weighted by Crippen LogP contribution is -1.90. The molecule has 1 nitrogen and oxygen atoms in total. The summed E-state index contributed by atoms with van der Waals surface area (Å²) in [6.45, 7) is 8.67. The molecule has 1 aromatic heterocycles. The number of rotatable bonds is 2. The maximum atomic E-state index is 4.88. The Labute approximate surface area is 173 Å². The van der Waals surface area contributed by atoms with Crippen LogP contribution in [0.3, 0.4) is 0 Å². The van der Waals surface area contributed by atoms with Crippen molar-refractivity contribution in [2.75, 3.05) is 0 Å². The summed E-state index contributed by atoms with van der Waals surface area (Å²) in [5, 5.41) is 0. The minimum Gasteiger partial charge on any atom is -0.255 e. The minimum absolute atomic E-state index is 0.953. The van der Waals surface area contributed by atoms with Gasteiger partial charge in [0.2, 0.25) is 0 Å². The molecule has 0 amide bonds.